The van der Waals surface area contributed by atoms with Crippen molar-refractivity contribution in [1.29, 1.82) is 0 Å². The number of rotatable bonds is 1. The summed E-state index contributed by atoms with van der Waals surface area (Å²) in [6.07, 6.45) is -2.77. The molecule has 0 bridgehead atoms. The van der Waals surface area contributed by atoms with Crippen LogP contribution in [0.3, 0.4) is 0 Å². The van der Waals surface area contributed by atoms with Gasteiger partial charge in [-0.1, -0.05) is 12.1 Å². The molecule has 0 radical (unpaired) electrons. The Morgan fingerprint density at radius 1 is 1.04 bits per heavy atom. The Kier molecular flexibility index (Phi) is 3.60. The Bertz CT molecular complexity index is 977. The van der Waals surface area contributed by atoms with Crippen LogP contribution in [-0.4, -0.2) is 20.2 Å². The van der Waals surface area contributed by atoms with Gasteiger partial charge >= 0.3 is 6.18 Å². The van der Waals surface area contributed by atoms with Crippen molar-refractivity contribution in [3.05, 3.63) is 65.0 Å². The molecule has 25 heavy (non-hydrogen) atoms. The second-order valence-corrected chi connectivity index (χ2v) is 6.27. The van der Waals surface area contributed by atoms with E-state index in [9.17, 15) is 17.6 Å². The fourth-order valence-corrected chi connectivity index (χ4v) is 3.42. The molecule has 2 heterocycles. The lowest BCUT2D eigenvalue weighted by Crippen LogP contribution is -2.11. The molecule has 0 N–H and O–H groups in total. The topological polar surface area (TPSA) is 43.6 Å². The van der Waals surface area contributed by atoms with Crippen molar-refractivity contribution in [3.63, 3.8) is 0 Å². The standard InChI is InChI=1S/C16H8F4N4S/c17-11-4-1-9(2-5-11)7-14-12-8-10(16(18,19)20)3-6-13(12)24-15(25-14)21-22-23-24/h1-8H/b14-7-. The van der Waals surface area contributed by atoms with Gasteiger partial charge in [0.15, 0.2) is 0 Å². The number of alkyl halides is 3. The minimum atomic E-state index is -4.46. The summed E-state index contributed by atoms with van der Waals surface area (Å²) in [5.74, 6) is -0.387. The fourth-order valence-electron chi connectivity index (χ4n) is 2.46. The molecule has 4 rings (SSSR count). The van der Waals surface area contributed by atoms with Gasteiger partial charge in [0.1, 0.15) is 5.82 Å². The van der Waals surface area contributed by atoms with Crippen LogP contribution in [0, 0.1) is 5.82 Å². The molecule has 0 atom stereocenters. The number of hydrogen-bond donors (Lipinski definition) is 0. The van der Waals surface area contributed by atoms with Crippen molar-refractivity contribution in [3.8, 4) is 5.69 Å². The SMILES string of the molecule is Fc1ccc(/C=C2\Sc3nnnn3-c3ccc(C(F)(F)F)cc32)cc1. The molecule has 1 aromatic heterocycles. The Labute approximate surface area is 143 Å². The zero-order valence-corrected chi connectivity index (χ0v) is 13.1. The summed E-state index contributed by atoms with van der Waals surface area (Å²) in [4.78, 5) is 0.551. The molecule has 2 aromatic carbocycles. The van der Waals surface area contributed by atoms with Crippen LogP contribution in [0.25, 0.3) is 16.7 Å². The maximum absolute atomic E-state index is 13.1. The second-order valence-electron chi connectivity index (χ2n) is 5.27. The lowest BCUT2D eigenvalue weighted by molar-refractivity contribution is -0.137. The zero-order chi connectivity index (χ0) is 17.6. The van der Waals surface area contributed by atoms with Gasteiger partial charge in [-0.25, -0.2) is 4.39 Å². The summed E-state index contributed by atoms with van der Waals surface area (Å²) in [7, 11) is 0. The van der Waals surface area contributed by atoms with E-state index in [-0.39, 0.29) is 5.82 Å². The highest BCUT2D eigenvalue weighted by molar-refractivity contribution is 8.08. The molecule has 4 nitrogen and oxygen atoms in total. The van der Waals surface area contributed by atoms with Crippen molar-refractivity contribution in [2.45, 2.75) is 11.3 Å². The van der Waals surface area contributed by atoms with Crippen LogP contribution in [0.2, 0.25) is 0 Å². The van der Waals surface area contributed by atoms with Crippen molar-refractivity contribution >= 4 is 22.7 Å². The number of fused-ring (bicyclic) bond motifs is 3. The molecule has 9 heteroatoms. The van der Waals surface area contributed by atoms with Gasteiger partial charge in [0.05, 0.1) is 11.3 Å². The van der Waals surface area contributed by atoms with Crippen LogP contribution in [0.1, 0.15) is 16.7 Å². The van der Waals surface area contributed by atoms with E-state index in [1.54, 1.807) is 18.2 Å². The fraction of sp³-hybridized carbons (Fsp3) is 0.0625. The van der Waals surface area contributed by atoms with Gasteiger partial charge in [-0.05, 0) is 64.2 Å². The van der Waals surface area contributed by atoms with E-state index in [1.165, 1.54) is 22.9 Å². The molecular formula is C16H8F4N4S. The van der Waals surface area contributed by atoms with E-state index >= 15 is 0 Å². The summed E-state index contributed by atoms with van der Waals surface area (Å²) in [6.45, 7) is 0. The van der Waals surface area contributed by atoms with E-state index in [1.807, 2.05) is 0 Å². The van der Waals surface area contributed by atoms with Gasteiger partial charge in [0, 0.05) is 10.5 Å². The monoisotopic (exact) mass is 364 g/mol. The number of nitrogens with zero attached hydrogens (tertiary/aromatic N) is 4. The summed E-state index contributed by atoms with van der Waals surface area (Å²) in [5.41, 5.74) is 0.727. The number of benzene rings is 2. The first-order chi connectivity index (χ1) is 11.9. The molecule has 126 valence electrons. The number of aromatic nitrogens is 4. The summed E-state index contributed by atoms with van der Waals surface area (Å²) in [6, 6.07) is 9.09. The van der Waals surface area contributed by atoms with Crippen LogP contribution in [-0.2, 0) is 6.18 Å². The molecule has 0 spiro atoms. The molecule has 1 aliphatic heterocycles. The maximum atomic E-state index is 13.1. The first-order valence-corrected chi connectivity index (χ1v) is 7.89. The molecular weight excluding hydrogens is 356 g/mol. The van der Waals surface area contributed by atoms with Gasteiger partial charge in [-0.2, -0.15) is 17.9 Å². The summed E-state index contributed by atoms with van der Waals surface area (Å²) in [5, 5.41) is 11.7. The number of hydrogen-bond acceptors (Lipinski definition) is 4. The average molecular weight is 364 g/mol. The molecule has 0 unspecified atom stereocenters. The minimum absolute atomic E-state index is 0.365. The quantitative estimate of drug-likeness (QED) is 0.600. The van der Waals surface area contributed by atoms with Gasteiger partial charge in [0.2, 0.25) is 5.16 Å². The van der Waals surface area contributed by atoms with Crippen molar-refractivity contribution in [1.82, 2.24) is 20.2 Å². The van der Waals surface area contributed by atoms with Gasteiger partial charge < -0.3 is 0 Å². The van der Waals surface area contributed by atoms with Crippen LogP contribution < -0.4 is 0 Å². The molecule has 0 saturated carbocycles. The third kappa shape index (κ3) is 2.91. The normalized spacial score (nSPS) is 15.1. The smallest absolute Gasteiger partial charge is 0.207 e. The van der Waals surface area contributed by atoms with Crippen molar-refractivity contribution in [2.75, 3.05) is 0 Å². The highest BCUT2D eigenvalue weighted by atomic mass is 32.2. The Morgan fingerprint density at radius 2 is 1.80 bits per heavy atom. The number of halogens is 4. The van der Waals surface area contributed by atoms with Crippen LogP contribution in [0.15, 0.2) is 47.6 Å². The molecule has 0 amide bonds. The molecule has 0 saturated heterocycles. The van der Waals surface area contributed by atoms with E-state index in [0.29, 0.717) is 26.9 Å². The highest BCUT2D eigenvalue weighted by Gasteiger charge is 2.33. The van der Waals surface area contributed by atoms with Crippen molar-refractivity contribution < 1.29 is 17.6 Å². The minimum Gasteiger partial charge on any atom is -0.207 e. The van der Waals surface area contributed by atoms with Gasteiger partial charge in [-0.15, -0.1) is 5.10 Å². The summed E-state index contributed by atoms with van der Waals surface area (Å²) >= 11 is 1.15. The number of tetrazole rings is 1. The maximum Gasteiger partial charge on any atom is 0.416 e. The molecule has 0 fully saturated rings. The van der Waals surface area contributed by atoms with E-state index < -0.39 is 11.7 Å². The van der Waals surface area contributed by atoms with E-state index in [0.717, 1.165) is 23.9 Å². The molecule has 0 aliphatic carbocycles. The number of thioether (sulfide) groups is 1. The third-order valence-electron chi connectivity index (χ3n) is 3.63. The Hall–Kier alpha value is -2.68. The van der Waals surface area contributed by atoms with E-state index in [2.05, 4.69) is 15.5 Å². The predicted octanol–water partition coefficient (Wildman–Crippen LogP) is 4.42. The summed E-state index contributed by atoms with van der Waals surface area (Å²) < 4.78 is 53.7. The Balaban J connectivity index is 1.89. The lowest BCUT2D eigenvalue weighted by atomic mass is 10.1. The zero-order valence-electron chi connectivity index (χ0n) is 12.3. The second kappa shape index (κ2) is 5.69. The first-order valence-electron chi connectivity index (χ1n) is 7.07. The van der Waals surface area contributed by atoms with Gasteiger partial charge in [0.25, 0.3) is 0 Å². The molecule has 3 aromatic rings. The highest BCUT2D eigenvalue weighted by Crippen LogP contribution is 2.44. The first kappa shape index (κ1) is 15.8. The van der Waals surface area contributed by atoms with Crippen molar-refractivity contribution in [2.24, 2.45) is 0 Å². The van der Waals surface area contributed by atoms with Crippen LogP contribution in [0.4, 0.5) is 17.6 Å². The van der Waals surface area contributed by atoms with Gasteiger partial charge in [-0.3, -0.25) is 0 Å². The average Bonchev–Trinajstić information content (AvgIpc) is 3.04. The Morgan fingerprint density at radius 3 is 2.52 bits per heavy atom. The van der Waals surface area contributed by atoms with Crippen LogP contribution >= 0.6 is 11.8 Å². The third-order valence-corrected chi connectivity index (χ3v) is 4.62. The largest absolute Gasteiger partial charge is 0.416 e. The van der Waals surface area contributed by atoms with E-state index in [4.69, 9.17) is 0 Å². The predicted molar refractivity (Wildman–Crippen MR) is 84.3 cm³/mol. The molecule has 1 aliphatic rings. The van der Waals surface area contributed by atoms with Crippen LogP contribution in [0.5, 0.6) is 0 Å². The lowest BCUT2D eigenvalue weighted by Gasteiger charge is -2.20.